The molecule has 0 radical (unpaired) electrons. The number of nitrogens with zero attached hydrogens (tertiary/aromatic N) is 1. The molecule has 1 unspecified atom stereocenters. The van der Waals surface area contributed by atoms with E-state index in [1.807, 2.05) is 18.5 Å². The first-order chi connectivity index (χ1) is 10.2. The quantitative estimate of drug-likeness (QED) is 0.646. The van der Waals surface area contributed by atoms with E-state index >= 15 is 0 Å². The van der Waals surface area contributed by atoms with Crippen LogP contribution in [0.4, 0.5) is 0 Å². The molecule has 1 nitrogen and oxygen atoms in total. The molecule has 0 saturated carbocycles. The molecule has 2 aromatic rings. The van der Waals surface area contributed by atoms with Gasteiger partial charge in [-0.05, 0) is 45.9 Å². The standard InChI is InChI=1S/C21H29N/c1-20(2,3)14-19(21(4,5)6)17-11-9-16(10-12-17)18-8-7-13-22-15-18/h7-13,15,19H,14H2,1-6H3. The fraction of sp³-hybridized carbons (Fsp3) is 0.476. The number of hydrogen-bond acceptors (Lipinski definition) is 1. The number of pyridine rings is 1. The van der Waals surface area contributed by atoms with Crippen molar-refractivity contribution in [3.8, 4) is 11.1 Å². The number of hydrogen-bond donors (Lipinski definition) is 0. The van der Waals surface area contributed by atoms with Crippen LogP contribution in [0.1, 0.15) is 59.4 Å². The summed E-state index contributed by atoms with van der Waals surface area (Å²) in [6.07, 6.45) is 4.94. The summed E-state index contributed by atoms with van der Waals surface area (Å²) in [7, 11) is 0. The number of aromatic nitrogens is 1. The maximum atomic E-state index is 4.21. The normalized spacial score (nSPS) is 13.9. The lowest BCUT2D eigenvalue weighted by molar-refractivity contribution is 0.229. The van der Waals surface area contributed by atoms with E-state index in [4.69, 9.17) is 0 Å². The summed E-state index contributed by atoms with van der Waals surface area (Å²) in [6.45, 7) is 14.0. The van der Waals surface area contributed by atoms with E-state index in [9.17, 15) is 0 Å². The minimum atomic E-state index is 0.267. The van der Waals surface area contributed by atoms with Crippen molar-refractivity contribution in [1.29, 1.82) is 0 Å². The van der Waals surface area contributed by atoms with Crippen molar-refractivity contribution >= 4 is 0 Å². The highest BCUT2D eigenvalue weighted by molar-refractivity contribution is 5.62. The summed E-state index contributed by atoms with van der Waals surface area (Å²) in [6, 6.07) is 13.1. The molecule has 1 heterocycles. The fourth-order valence-corrected chi connectivity index (χ4v) is 2.98. The van der Waals surface area contributed by atoms with Crippen molar-refractivity contribution in [2.24, 2.45) is 10.8 Å². The second-order valence-corrected chi connectivity index (χ2v) is 8.55. The Morgan fingerprint density at radius 2 is 1.50 bits per heavy atom. The molecule has 118 valence electrons. The molecule has 0 spiro atoms. The molecule has 1 heteroatoms. The van der Waals surface area contributed by atoms with Crippen LogP contribution in [0.15, 0.2) is 48.8 Å². The van der Waals surface area contributed by atoms with Crippen LogP contribution in [0.25, 0.3) is 11.1 Å². The first kappa shape index (κ1) is 16.7. The van der Waals surface area contributed by atoms with Crippen molar-refractivity contribution < 1.29 is 0 Å². The van der Waals surface area contributed by atoms with Crippen LogP contribution < -0.4 is 0 Å². The van der Waals surface area contributed by atoms with Crippen molar-refractivity contribution in [2.75, 3.05) is 0 Å². The molecule has 2 rings (SSSR count). The maximum Gasteiger partial charge on any atom is 0.0346 e. The van der Waals surface area contributed by atoms with Gasteiger partial charge in [0, 0.05) is 12.4 Å². The van der Waals surface area contributed by atoms with E-state index in [2.05, 4.69) is 76.9 Å². The minimum Gasteiger partial charge on any atom is -0.264 e. The summed E-state index contributed by atoms with van der Waals surface area (Å²) in [5.74, 6) is 0.565. The largest absolute Gasteiger partial charge is 0.264 e. The zero-order valence-electron chi connectivity index (χ0n) is 14.9. The fourth-order valence-electron chi connectivity index (χ4n) is 2.98. The van der Waals surface area contributed by atoms with Crippen molar-refractivity contribution in [3.05, 3.63) is 54.4 Å². The van der Waals surface area contributed by atoms with Gasteiger partial charge in [0.05, 0.1) is 0 Å². The molecule has 0 aliphatic carbocycles. The summed E-state index contributed by atoms with van der Waals surface area (Å²) in [4.78, 5) is 4.21. The topological polar surface area (TPSA) is 12.9 Å². The molecular weight excluding hydrogens is 266 g/mol. The third-order valence-electron chi connectivity index (χ3n) is 4.17. The van der Waals surface area contributed by atoms with Gasteiger partial charge in [-0.25, -0.2) is 0 Å². The third-order valence-corrected chi connectivity index (χ3v) is 4.17. The monoisotopic (exact) mass is 295 g/mol. The van der Waals surface area contributed by atoms with E-state index in [1.165, 1.54) is 23.1 Å². The van der Waals surface area contributed by atoms with Crippen LogP contribution >= 0.6 is 0 Å². The van der Waals surface area contributed by atoms with Gasteiger partial charge in [-0.15, -0.1) is 0 Å². The molecule has 0 saturated heterocycles. The van der Waals surface area contributed by atoms with Gasteiger partial charge in [-0.2, -0.15) is 0 Å². The Morgan fingerprint density at radius 1 is 0.864 bits per heavy atom. The average Bonchev–Trinajstić information content (AvgIpc) is 2.44. The Labute approximate surface area is 135 Å². The van der Waals surface area contributed by atoms with Crippen LogP contribution in [0, 0.1) is 10.8 Å². The molecule has 1 atom stereocenters. The van der Waals surface area contributed by atoms with Gasteiger partial charge in [-0.1, -0.05) is 71.9 Å². The van der Waals surface area contributed by atoms with Gasteiger partial charge < -0.3 is 0 Å². The lowest BCUT2D eigenvalue weighted by Crippen LogP contribution is -2.23. The Balaban J connectivity index is 2.30. The van der Waals surface area contributed by atoms with Gasteiger partial charge in [-0.3, -0.25) is 4.98 Å². The summed E-state index contributed by atoms with van der Waals surface area (Å²) in [5, 5.41) is 0. The van der Waals surface area contributed by atoms with E-state index in [0.29, 0.717) is 11.3 Å². The van der Waals surface area contributed by atoms with E-state index < -0.39 is 0 Å². The number of rotatable bonds is 3. The summed E-state index contributed by atoms with van der Waals surface area (Å²) < 4.78 is 0. The first-order valence-corrected chi connectivity index (χ1v) is 8.17. The predicted octanol–water partition coefficient (Wildman–Crippen LogP) is 6.31. The van der Waals surface area contributed by atoms with Crippen LogP contribution in [0.3, 0.4) is 0 Å². The van der Waals surface area contributed by atoms with Gasteiger partial charge in [0.2, 0.25) is 0 Å². The van der Waals surface area contributed by atoms with Gasteiger partial charge in [0.25, 0.3) is 0 Å². The van der Waals surface area contributed by atoms with Crippen LogP contribution in [0.5, 0.6) is 0 Å². The molecule has 0 aliphatic rings. The van der Waals surface area contributed by atoms with Crippen molar-refractivity contribution in [1.82, 2.24) is 4.98 Å². The second-order valence-electron chi connectivity index (χ2n) is 8.55. The van der Waals surface area contributed by atoms with Crippen LogP contribution in [0.2, 0.25) is 0 Å². The molecule has 1 aromatic heterocycles. The molecule has 0 aliphatic heterocycles. The minimum absolute atomic E-state index is 0.267. The molecule has 0 bridgehead atoms. The smallest absolute Gasteiger partial charge is 0.0346 e. The Bertz CT molecular complexity index is 583. The molecule has 0 amide bonds. The zero-order valence-corrected chi connectivity index (χ0v) is 14.9. The predicted molar refractivity (Wildman–Crippen MR) is 95.9 cm³/mol. The molecule has 22 heavy (non-hydrogen) atoms. The van der Waals surface area contributed by atoms with Crippen LogP contribution in [-0.4, -0.2) is 4.98 Å². The number of benzene rings is 1. The lowest BCUT2D eigenvalue weighted by Gasteiger charge is -2.36. The second kappa shape index (κ2) is 6.24. The SMILES string of the molecule is CC(C)(C)CC(c1ccc(-c2cccnc2)cc1)C(C)(C)C. The molecule has 1 aromatic carbocycles. The maximum absolute atomic E-state index is 4.21. The Morgan fingerprint density at radius 3 is 1.95 bits per heavy atom. The molecular formula is C21H29N. The van der Waals surface area contributed by atoms with Crippen molar-refractivity contribution in [2.45, 2.75) is 53.9 Å². The zero-order chi connectivity index (χ0) is 16.4. The van der Waals surface area contributed by atoms with Crippen molar-refractivity contribution in [3.63, 3.8) is 0 Å². The molecule has 0 fully saturated rings. The Kier molecular flexibility index (Phi) is 4.75. The van der Waals surface area contributed by atoms with Crippen LogP contribution in [-0.2, 0) is 0 Å². The van der Waals surface area contributed by atoms with Gasteiger partial charge in [0.15, 0.2) is 0 Å². The van der Waals surface area contributed by atoms with Gasteiger partial charge >= 0.3 is 0 Å². The van der Waals surface area contributed by atoms with E-state index in [-0.39, 0.29) is 5.41 Å². The highest BCUT2D eigenvalue weighted by atomic mass is 14.6. The third kappa shape index (κ3) is 4.43. The van der Waals surface area contributed by atoms with E-state index in [0.717, 1.165) is 0 Å². The first-order valence-electron chi connectivity index (χ1n) is 8.17. The highest BCUT2D eigenvalue weighted by Gasteiger charge is 2.30. The average molecular weight is 295 g/mol. The summed E-state index contributed by atoms with van der Waals surface area (Å²) in [5.41, 5.74) is 4.45. The Hall–Kier alpha value is -1.63. The van der Waals surface area contributed by atoms with Gasteiger partial charge in [0.1, 0.15) is 0 Å². The summed E-state index contributed by atoms with van der Waals surface area (Å²) >= 11 is 0. The molecule has 0 N–H and O–H groups in total. The van der Waals surface area contributed by atoms with E-state index in [1.54, 1.807) is 0 Å². The highest BCUT2D eigenvalue weighted by Crippen LogP contribution is 2.43. The lowest BCUT2D eigenvalue weighted by atomic mass is 9.69.